The van der Waals surface area contributed by atoms with E-state index < -0.39 is 11.2 Å². The van der Waals surface area contributed by atoms with Crippen molar-refractivity contribution in [2.24, 2.45) is 0 Å². The van der Waals surface area contributed by atoms with E-state index in [1.165, 1.54) is 12.1 Å². The highest BCUT2D eigenvalue weighted by Gasteiger charge is 2.42. The SMILES string of the molecule is O=C1c2cc([N+](=O)[O-])ccc2[C@@H]2OCc3ccccc3N12. The number of benzene rings is 2. The van der Waals surface area contributed by atoms with Gasteiger partial charge in [0.1, 0.15) is 0 Å². The molecule has 2 aliphatic rings. The molecule has 2 aromatic rings. The topological polar surface area (TPSA) is 72.7 Å². The molecule has 4 rings (SSSR count). The number of nitrogens with zero attached hydrogens (tertiary/aromatic N) is 2. The first-order chi connectivity index (χ1) is 10.2. The van der Waals surface area contributed by atoms with Crippen LogP contribution in [0, 0.1) is 10.1 Å². The van der Waals surface area contributed by atoms with Crippen molar-refractivity contribution in [3.63, 3.8) is 0 Å². The first-order valence-corrected chi connectivity index (χ1v) is 6.48. The predicted molar refractivity (Wildman–Crippen MR) is 73.9 cm³/mol. The van der Waals surface area contributed by atoms with Crippen molar-refractivity contribution in [1.29, 1.82) is 0 Å². The fraction of sp³-hybridized carbons (Fsp3) is 0.133. The molecule has 2 heterocycles. The molecule has 0 radical (unpaired) electrons. The summed E-state index contributed by atoms with van der Waals surface area (Å²) in [5, 5.41) is 10.9. The van der Waals surface area contributed by atoms with E-state index in [-0.39, 0.29) is 11.6 Å². The van der Waals surface area contributed by atoms with Crippen LogP contribution in [0.15, 0.2) is 42.5 Å². The maximum absolute atomic E-state index is 12.6. The van der Waals surface area contributed by atoms with Crippen molar-refractivity contribution in [2.75, 3.05) is 4.90 Å². The van der Waals surface area contributed by atoms with Gasteiger partial charge >= 0.3 is 0 Å². The third-order valence-corrected chi connectivity index (χ3v) is 3.85. The average molecular weight is 282 g/mol. The zero-order valence-electron chi connectivity index (χ0n) is 10.9. The molecule has 0 saturated carbocycles. The minimum atomic E-state index is -0.500. The summed E-state index contributed by atoms with van der Waals surface area (Å²) in [7, 11) is 0. The summed E-state index contributed by atoms with van der Waals surface area (Å²) in [5.41, 5.74) is 2.67. The van der Waals surface area contributed by atoms with Gasteiger partial charge in [0.05, 0.1) is 22.8 Å². The Morgan fingerprint density at radius 2 is 2.05 bits per heavy atom. The molecule has 2 aliphatic heterocycles. The van der Waals surface area contributed by atoms with Crippen molar-refractivity contribution in [3.8, 4) is 0 Å². The lowest BCUT2D eigenvalue weighted by molar-refractivity contribution is -0.384. The largest absolute Gasteiger partial charge is 0.349 e. The average Bonchev–Trinajstić information content (AvgIpc) is 2.80. The van der Waals surface area contributed by atoms with Gasteiger partial charge in [0.25, 0.3) is 11.6 Å². The van der Waals surface area contributed by atoms with E-state index >= 15 is 0 Å². The number of carbonyl (C=O) groups excluding carboxylic acids is 1. The number of anilines is 1. The standard InChI is InChI=1S/C15H10N2O4/c18-14-12-7-10(17(19)20)5-6-11(12)15-16(14)13-4-2-1-3-9(13)8-21-15/h1-7,15H,8H2/t15-/m0/s1. The highest BCUT2D eigenvalue weighted by Crippen LogP contribution is 2.44. The van der Waals surface area contributed by atoms with Crippen LogP contribution >= 0.6 is 0 Å². The van der Waals surface area contributed by atoms with E-state index in [1.54, 1.807) is 11.0 Å². The number of fused-ring (bicyclic) bond motifs is 5. The van der Waals surface area contributed by atoms with Crippen LogP contribution in [0.3, 0.4) is 0 Å². The molecule has 0 bridgehead atoms. The Hall–Kier alpha value is -2.73. The second kappa shape index (κ2) is 4.13. The van der Waals surface area contributed by atoms with Crippen LogP contribution in [0.5, 0.6) is 0 Å². The first kappa shape index (κ1) is 12.0. The predicted octanol–water partition coefficient (Wildman–Crippen LogP) is 2.78. The summed E-state index contributed by atoms with van der Waals surface area (Å²) in [6, 6.07) is 11.8. The van der Waals surface area contributed by atoms with Gasteiger partial charge in [-0.1, -0.05) is 18.2 Å². The summed E-state index contributed by atoms with van der Waals surface area (Å²) < 4.78 is 5.76. The number of non-ortho nitro benzene ring substituents is 1. The normalized spacial score (nSPS) is 19.0. The fourth-order valence-corrected chi connectivity index (χ4v) is 2.87. The van der Waals surface area contributed by atoms with Gasteiger partial charge in [-0.3, -0.25) is 19.8 Å². The number of rotatable bonds is 1. The third-order valence-electron chi connectivity index (χ3n) is 3.85. The van der Waals surface area contributed by atoms with Crippen LogP contribution in [-0.2, 0) is 11.3 Å². The Bertz CT molecular complexity index is 787. The first-order valence-electron chi connectivity index (χ1n) is 6.48. The Morgan fingerprint density at radius 3 is 2.86 bits per heavy atom. The van der Waals surface area contributed by atoms with Crippen molar-refractivity contribution < 1.29 is 14.5 Å². The molecule has 21 heavy (non-hydrogen) atoms. The van der Waals surface area contributed by atoms with Crippen molar-refractivity contribution in [1.82, 2.24) is 0 Å². The summed E-state index contributed by atoms with van der Waals surface area (Å²) >= 11 is 0. The number of amides is 1. The summed E-state index contributed by atoms with van der Waals surface area (Å²) in [6.45, 7) is 0.418. The molecule has 0 fully saturated rings. The van der Waals surface area contributed by atoms with Gasteiger partial charge in [0, 0.05) is 23.3 Å². The molecule has 0 spiro atoms. The van der Waals surface area contributed by atoms with Crippen LogP contribution in [0.1, 0.15) is 27.7 Å². The molecule has 0 aromatic heterocycles. The molecule has 0 unspecified atom stereocenters. The number of nitro groups is 1. The lowest BCUT2D eigenvalue weighted by Crippen LogP contribution is -2.33. The zero-order valence-corrected chi connectivity index (χ0v) is 10.9. The Labute approximate surface area is 119 Å². The lowest BCUT2D eigenvalue weighted by Gasteiger charge is -2.32. The van der Waals surface area contributed by atoms with E-state index in [9.17, 15) is 14.9 Å². The van der Waals surface area contributed by atoms with Gasteiger partial charge in [-0.15, -0.1) is 0 Å². The van der Waals surface area contributed by atoms with E-state index in [2.05, 4.69) is 0 Å². The molecule has 2 aromatic carbocycles. The third kappa shape index (κ3) is 1.59. The molecule has 1 atom stereocenters. The van der Waals surface area contributed by atoms with Crippen LogP contribution in [0.4, 0.5) is 11.4 Å². The smallest absolute Gasteiger partial charge is 0.270 e. The lowest BCUT2D eigenvalue weighted by atomic mass is 10.1. The van der Waals surface area contributed by atoms with Gasteiger partial charge in [-0.25, -0.2) is 0 Å². The molecule has 0 aliphatic carbocycles. The van der Waals surface area contributed by atoms with Crippen molar-refractivity contribution in [3.05, 3.63) is 69.3 Å². The van der Waals surface area contributed by atoms with Crippen LogP contribution in [0.25, 0.3) is 0 Å². The fourth-order valence-electron chi connectivity index (χ4n) is 2.87. The van der Waals surface area contributed by atoms with Gasteiger partial charge < -0.3 is 4.74 Å². The summed E-state index contributed by atoms with van der Waals surface area (Å²) in [4.78, 5) is 24.5. The molecular weight excluding hydrogens is 272 g/mol. The molecule has 1 amide bonds. The quantitative estimate of drug-likeness (QED) is 0.595. The minimum absolute atomic E-state index is 0.0877. The van der Waals surface area contributed by atoms with E-state index in [1.807, 2.05) is 24.3 Å². The zero-order chi connectivity index (χ0) is 14.6. The second-order valence-electron chi connectivity index (χ2n) is 5.00. The molecule has 6 heteroatoms. The van der Waals surface area contributed by atoms with Crippen molar-refractivity contribution in [2.45, 2.75) is 12.8 Å². The molecule has 0 saturated heterocycles. The number of hydrogen-bond acceptors (Lipinski definition) is 4. The van der Waals surface area contributed by atoms with E-state index in [4.69, 9.17) is 4.74 Å². The molecule has 6 nitrogen and oxygen atoms in total. The van der Waals surface area contributed by atoms with Gasteiger partial charge in [-0.05, 0) is 12.1 Å². The van der Waals surface area contributed by atoms with E-state index in [0.717, 1.165) is 11.3 Å². The molecule has 0 N–H and O–H groups in total. The Morgan fingerprint density at radius 1 is 1.24 bits per heavy atom. The number of carbonyl (C=O) groups is 1. The minimum Gasteiger partial charge on any atom is -0.349 e. The Balaban J connectivity index is 1.87. The van der Waals surface area contributed by atoms with Gasteiger partial charge in [0.15, 0.2) is 6.23 Å². The van der Waals surface area contributed by atoms with Gasteiger partial charge in [-0.2, -0.15) is 0 Å². The van der Waals surface area contributed by atoms with Crippen LogP contribution in [0.2, 0.25) is 0 Å². The van der Waals surface area contributed by atoms with Crippen LogP contribution in [-0.4, -0.2) is 10.8 Å². The van der Waals surface area contributed by atoms with Crippen molar-refractivity contribution >= 4 is 17.3 Å². The van der Waals surface area contributed by atoms with Gasteiger partial charge in [0.2, 0.25) is 0 Å². The molecular formula is C15H10N2O4. The van der Waals surface area contributed by atoms with E-state index in [0.29, 0.717) is 17.7 Å². The highest BCUT2D eigenvalue weighted by molar-refractivity contribution is 6.11. The Kier molecular flexibility index (Phi) is 2.37. The number of nitro benzene ring substituents is 1. The maximum atomic E-state index is 12.6. The summed E-state index contributed by atoms with van der Waals surface area (Å²) in [5.74, 6) is -0.258. The number of ether oxygens (including phenoxy) is 1. The number of para-hydroxylation sites is 1. The van der Waals surface area contributed by atoms with Crippen LogP contribution < -0.4 is 4.90 Å². The molecule has 104 valence electrons. The second-order valence-corrected chi connectivity index (χ2v) is 5.00. The monoisotopic (exact) mass is 282 g/mol. The maximum Gasteiger partial charge on any atom is 0.270 e. The number of hydrogen-bond donors (Lipinski definition) is 0. The summed E-state index contributed by atoms with van der Waals surface area (Å²) in [6.07, 6.45) is -0.497. The highest BCUT2D eigenvalue weighted by atomic mass is 16.6.